The molecule has 0 spiro atoms. The fraction of sp³-hybridized carbons (Fsp3) is 0.887. The molecule has 1 heterocycles. The Kier molecular flexibility index (Phi) is 48.5. The fourth-order valence-electron chi connectivity index (χ4n) is 9.89. The number of rotatable bonds is 53. The van der Waals surface area contributed by atoms with Crippen molar-refractivity contribution in [2.75, 3.05) is 13.2 Å². The Labute approximate surface area is 447 Å². The van der Waals surface area contributed by atoms with Crippen LogP contribution in [0, 0.1) is 0 Å². The SMILES string of the molecule is CCCCCCCCCCCCCCCCCC/C=C/CC/C=C/CC/C=C/CCCC(O)C(O)C(COC1OC(CO)C(O)C(O)C1O)NC(=O)C(O)CCCCCCCCCCCCCCCCCCC. The van der Waals surface area contributed by atoms with E-state index < -0.39 is 74.2 Å². The van der Waals surface area contributed by atoms with Gasteiger partial charge in [0.05, 0.1) is 25.4 Å². The van der Waals surface area contributed by atoms with Gasteiger partial charge in [-0.2, -0.15) is 0 Å². The molecule has 0 radical (unpaired) electrons. The summed E-state index contributed by atoms with van der Waals surface area (Å²) in [5.74, 6) is -0.709. The zero-order chi connectivity index (χ0) is 53.3. The molecule has 0 aromatic rings. The maximum Gasteiger partial charge on any atom is 0.249 e. The molecule has 73 heavy (non-hydrogen) atoms. The molecule has 430 valence electrons. The standard InChI is InChI=1S/C62H117NO10/c1-3-5-7-9-11-13-15-17-19-21-22-23-24-25-26-27-28-29-30-31-32-34-35-37-39-41-43-45-47-49-54(65)57(67)53(52-72-62-60(70)59(69)58(68)56(51-64)73-62)63-61(71)55(66)50-48-46-44-42-40-38-36-33-20-18-16-14-12-10-8-6-4-2/h29-30,34-35,41,43,53-60,62,64-70H,3-28,31-33,36-40,42,44-52H2,1-2H3,(H,63,71)/b30-29+,35-34+,43-41+. The second-order valence-corrected chi connectivity index (χ2v) is 21.8. The van der Waals surface area contributed by atoms with Crippen LogP contribution in [-0.4, -0.2) is 110 Å². The molecule has 0 saturated carbocycles. The molecule has 8 N–H and O–H groups in total. The molecule has 1 aliphatic heterocycles. The largest absolute Gasteiger partial charge is 0.394 e. The number of aliphatic hydroxyl groups excluding tert-OH is 7. The summed E-state index contributed by atoms with van der Waals surface area (Å²) in [6.45, 7) is 3.46. The lowest BCUT2D eigenvalue weighted by Gasteiger charge is -2.40. The van der Waals surface area contributed by atoms with Crippen LogP contribution >= 0.6 is 0 Å². The molecule has 0 aromatic carbocycles. The Morgan fingerprint density at radius 3 is 1.22 bits per heavy atom. The van der Waals surface area contributed by atoms with E-state index in [0.717, 1.165) is 44.9 Å². The van der Waals surface area contributed by atoms with E-state index in [-0.39, 0.29) is 12.8 Å². The molecule has 0 aliphatic carbocycles. The lowest BCUT2D eigenvalue weighted by atomic mass is 9.98. The molecule has 1 saturated heterocycles. The van der Waals surface area contributed by atoms with E-state index in [2.05, 4.69) is 55.6 Å². The first-order chi connectivity index (χ1) is 35.7. The summed E-state index contributed by atoms with van der Waals surface area (Å²) in [4.78, 5) is 13.2. The first-order valence-electron chi connectivity index (χ1n) is 30.9. The van der Waals surface area contributed by atoms with Gasteiger partial charge in [0.2, 0.25) is 5.91 Å². The second kappa shape index (κ2) is 51.1. The van der Waals surface area contributed by atoms with Crippen LogP contribution in [0.3, 0.4) is 0 Å². The van der Waals surface area contributed by atoms with Gasteiger partial charge in [-0.1, -0.05) is 256 Å². The highest BCUT2D eigenvalue weighted by Crippen LogP contribution is 2.23. The van der Waals surface area contributed by atoms with Crippen LogP contribution in [0.4, 0.5) is 0 Å². The molecular weight excluding hydrogens is 919 g/mol. The molecule has 11 nitrogen and oxygen atoms in total. The summed E-state index contributed by atoms with van der Waals surface area (Å²) in [5, 5.41) is 76.2. The summed E-state index contributed by atoms with van der Waals surface area (Å²) < 4.78 is 11.1. The van der Waals surface area contributed by atoms with Crippen molar-refractivity contribution in [1.82, 2.24) is 5.32 Å². The predicted molar refractivity (Wildman–Crippen MR) is 302 cm³/mol. The molecule has 9 atom stereocenters. The Balaban J connectivity index is 2.30. The van der Waals surface area contributed by atoms with Gasteiger partial charge >= 0.3 is 0 Å². The molecule has 11 heteroatoms. The number of hydrogen-bond acceptors (Lipinski definition) is 10. The maximum atomic E-state index is 13.2. The van der Waals surface area contributed by atoms with E-state index in [1.54, 1.807) is 0 Å². The molecule has 1 fully saturated rings. The minimum Gasteiger partial charge on any atom is -0.394 e. The molecule has 0 bridgehead atoms. The van der Waals surface area contributed by atoms with Crippen LogP contribution < -0.4 is 5.32 Å². The predicted octanol–water partition coefficient (Wildman–Crippen LogP) is 13.5. The van der Waals surface area contributed by atoms with Crippen LogP contribution in [0.1, 0.15) is 284 Å². The molecule has 9 unspecified atom stereocenters. The van der Waals surface area contributed by atoms with Gasteiger partial charge in [0.1, 0.15) is 36.6 Å². The third-order valence-corrected chi connectivity index (χ3v) is 14.9. The van der Waals surface area contributed by atoms with Crippen LogP contribution in [0.5, 0.6) is 0 Å². The van der Waals surface area contributed by atoms with Crippen LogP contribution in [-0.2, 0) is 14.3 Å². The summed E-state index contributed by atoms with van der Waals surface area (Å²) in [6, 6.07) is -1.19. The lowest BCUT2D eigenvalue weighted by Crippen LogP contribution is -2.60. The van der Waals surface area contributed by atoms with Crippen molar-refractivity contribution in [3.63, 3.8) is 0 Å². The number of carbonyl (C=O) groups is 1. The van der Waals surface area contributed by atoms with Crippen LogP contribution in [0.25, 0.3) is 0 Å². The van der Waals surface area contributed by atoms with Crippen molar-refractivity contribution >= 4 is 5.91 Å². The van der Waals surface area contributed by atoms with Gasteiger partial charge in [-0.15, -0.1) is 0 Å². The average Bonchev–Trinajstić information content (AvgIpc) is 3.39. The van der Waals surface area contributed by atoms with Gasteiger partial charge in [-0.25, -0.2) is 0 Å². The monoisotopic (exact) mass is 1040 g/mol. The topological polar surface area (TPSA) is 189 Å². The van der Waals surface area contributed by atoms with Crippen molar-refractivity contribution in [1.29, 1.82) is 0 Å². The number of aliphatic hydroxyl groups is 7. The highest BCUT2D eigenvalue weighted by Gasteiger charge is 2.44. The maximum absolute atomic E-state index is 13.2. The van der Waals surface area contributed by atoms with Crippen molar-refractivity contribution in [3.05, 3.63) is 36.5 Å². The number of hydrogen-bond donors (Lipinski definition) is 8. The molecular formula is C62H117NO10. The van der Waals surface area contributed by atoms with Crippen LogP contribution in [0.15, 0.2) is 36.5 Å². The van der Waals surface area contributed by atoms with Crippen molar-refractivity contribution in [3.8, 4) is 0 Å². The summed E-state index contributed by atoms with van der Waals surface area (Å²) >= 11 is 0. The average molecular weight is 1040 g/mol. The molecule has 1 aliphatic rings. The van der Waals surface area contributed by atoms with E-state index in [0.29, 0.717) is 19.3 Å². The zero-order valence-electron chi connectivity index (χ0n) is 47.1. The molecule has 1 amide bonds. The van der Waals surface area contributed by atoms with Crippen LogP contribution in [0.2, 0.25) is 0 Å². The highest BCUT2D eigenvalue weighted by atomic mass is 16.7. The Hall–Kier alpha value is -1.67. The highest BCUT2D eigenvalue weighted by molar-refractivity contribution is 5.80. The third kappa shape index (κ3) is 39.4. The van der Waals surface area contributed by atoms with E-state index in [4.69, 9.17) is 9.47 Å². The third-order valence-electron chi connectivity index (χ3n) is 14.9. The van der Waals surface area contributed by atoms with E-state index in [1.165, 1.54) is 193 Å². The summed E-state index contributed by atoms with van der Waals surface area (Å²) in [5.41, 5.74) is 0. The van der Waals surface area contributed by atoms with Gasteiger partial charge in [0, 0.05) is 0 Å². The quantitative estimate of drug-likeness (QED) is 0.0215. The smallest absolute Gasteiger partial charge is 0.249 e. The van der Waals surface area contributed by atoms with Gasteiger partial charge < -0.3 is 50.5 Å². The first kappa shape index (κ1) is 69.3. The van der Waals surface area contributed by atoms with Gasteiger partial charge in [0.25, 0.3) is 0 Å². The summed E-state index contributed by atoms with van der Waals surface area (Å²) in [7, 11) is 0. The van der Waals surface area contributed by atoms with Gasteiger partial charge in [-0.3, -0.25) is 4.79 Å². The minimum absolute atomic E-state index is 0.243. The van der Waals surface area contributed by atoms with Crippen molar-refractivity contribution in [2.24, 2.45) is 0 Å². The second-order valence-electron chi connectivity index (χ2n) is 21.8. The number of carbonyl (C=O) groups excluding carboxylic acids is 1. The Bertz CT molecular complexity index is 1280. The number of nitrogens with one attached hydrogen (secondary N) is 1. The zero-order valence-corrected chi connectivity index (χ0v) is 47.1. The Morgan fingerprint density at radius 2 is 0.822 bits per heavy atom. The number of amides is 1. The van der Waals surface area contributed by atoms with Crippen molar-refractivity contribution < 1.29 is 50.0 Å². The number of ether oxygens (including phenoxy) is 2. The van der Waals surface area contributed by atoms with E-state index >= 15 is 0 Å². The summed E-state index contributed by atoms with van der Waals surface area (Å²) in [6.07, 6.45) is 52.1. The van der Waals surface area contributed by atoms with E-state index in [1.807, 2.05) is 0 Å². The fourth-order valence-corrected chi connectivity index (χ4v) is 9.89. The first-order valence-corrected chi connectivity index (χ1v) is 30.9. The van der Waals surface area contributed by atoms with Gasteiger partial charge in [0.15, 0.2) is 6.29 Å². The molecule has 0 aromatic heterocycles. The van der Waals surface area contributed by atoms with E-state index in [9.17, 15) is 40.5 Å². The van der Waals surface area contributed by atoms with Gasteiger partial charge in [-0.05, 0) is 64.2 Å². The van der Waals surface area contributed by atoms with Crippen molar-refractivity contribution in [2.45, 2.75) is 339 Å². The Morgan fingerprint density at radius 1 is 0.466 bits per heavy atom. The molecule has 1 rings (SSSR count). The lowest BCUT2D eigenvalue weighted by molar-refractivity contribution is -0.303. The number of unbranched alkanes of at least 4 members (excludes halogenated alkanes) is 35. The normalized spacial score (nSPS) is 20.2. The minimum atomic E-state index is -1.67. The number of allylic oxidation sites excluding steroid dienone is 6.